The van der Waals surface area contributed by atoms with Gasteiger partial charge in [-0.1, -0.05) is 18.5 Å². The molecule has 0 radical (unpaired) electrons. The molecular weight excluding hydrogens is 469 g/mol. The molecular formula is C20H24ClF3N4O3S. The summed E-state index contributed by atoms with van der Waals surface area (Å²) in [4.78, 5) is 17.8. The molecule has 12 heteroatoms. The van der Waals surface area contributed by atoms with Crippen LogP contribution in [-0.4, -0.2) is 59.4 Å². The molecule has 2 aromatic rings. The van der Waals surface area contributed by atoms with Crippen molar-refractivity contribution in [1.82, 2.24) is 18.8 Å². The van der Waals surface area contributed by atoms with Gasteiger partial charge >= 0.3 is 6.18 Å². The number of rotatable bonds is 6. The third kappa shape index (κ3) is 5.62. The van der Waals surface area contributed by atoms with Crippen molar-refractivity contribution in [3.8, 4) is 0 Å². The molecule has 1 aliphatic heterocycles. The second kappa shape index (κ2) is 9.40. The molecule has 1 fully saturated rings. The first-order chi connectivity index (χ1) is 14.9. The molecule has 0 saturated carbocycles. The van der Waals surface area contributed by atoms with Gasteiger partial charge in [0.05, 0.1) is 11.6 Å². The minimum Gasteiger partial charge on any atom is -0.334 e. The Morgan fingerprint density at radius 2 is 2.06 bits per heavy atom. The zero-order valence-corrected chi connectivity index (χ0v) is 19.2. The summed E-state index contributed by atoms with van der Waals surface area (Å²) in [6.07, 6.45) is -0.333. The predicted octanol–water partition coefficient (Wildman–Crippen LogP) is 3.79. The van der Waals surface area contributed by atoms with E-state index >= 15 is 0 Å². The van der Waals surface area contributed by atoms with Crippen molar-refractivity contribution in [3.05, 3.63) is 47.0 Å². The maximum Gasteiger partial charge on any atom is 0.406 e. The van der Waals surface area contributed by atoms with Gasteiger partial charge in [0.1, 0.15) is 17.3 Å². The number of imidazole rings is 1. The Morgan fingerprint density at radius 3 is 2.72 bits per heavy atom. The number of hydrogen-bond acceptors (Lipinski definition) is 4. The van der Waals surface area contributed by atoms with Crippen LogP contribution in [0.4, 0.5) is 13.2 Å². The van der Waals surface area contributed by atoms with E-state index in [4.69, 9.17) is 11.6 Å². The fourth-order valence-corrected chi connectivity index (χ4v) is 5.77. The monoisotopic (exact) mass is 492 g/mol. The smallest absolute Gasteiger partial charge is 0.334 e. The molecule has 1 atom stereocenters. The quantitative estimate of drug-likeness (QED) is 0.615. The standard InChI is InChI=1S/C20H24ClF3N4O3S/c1-14-4-3-8-28(11-14)32(30,31)17-10-15(5-6-16(17)21)19(29)26(2)12-18-25-7-9-27(18)13-20(22,23)24/h5-7,9-10,14H,3-4,8,11-13H2,1-2H3. The van der Waals surface area contributed by atoms with Gasteiger partial charge in [-0.25, -0.2) is 13.4 Å². The Morgan fingerprint density at radius 1 is 1.34 bits per heavy atom. The molecule has 2 heterocycles. The molecule has 1 aromatic carbocycles. The molecule has 0 aliphatic carbocycles. The van der Waals surface area contributed by atoms with Gasteiger partial charge in [-0.3, -0.25) is 4.79 Å². The summed E-state index contributed by atoms with van der Waals surface area (Å²) in [6, 6.07) is 3.95. The van der Waals surface area contributed by atoms with Gasteiger partial charge < -0.3 is 9.47 Å². The van der Waals surface area contributed by atoms with Crippen molar-refractivity contribution in [3.63, 3.8) is 0 Å². The Labute approximate surface area is 189 Å². The summed E-state index contributed by atoms with van der Waals surface area (Å²) in [5, 5.41) is 0.00292. The fourth-order valence-electron chi connectivity index (χ4n) is 3.67. The summed E-state index contributed by atoms with van der Waals surface area (Å²) in [5.74, 6) is -0.289. The largest absolute Gasteiger partial charge is 0.406 e. The number of carbonyl (C=O) groups excluding carboxylic acids is 1. The third-order valence-electron chi connectivity index (χ3n) is 5.29. The van der Waals surface area contributed by atoms with Crippen molar-refractivity contribution in [1.29, 1.82) is 0 Å². The molecule has 1 aromatic heterocycles. The first-order valence-electron chi connectivity index (χ1n) is 10.0. The summed E-state index contributed by atoms with van der Waals surface area (Å²) in [5.41, 5.74) is 0.0643. The van der Waals surface area contributed by atoms with E-state index in [-0.39, 0.29) is 33.8 Å². The fraction of sp³-hybridized carbons (Fsp3) is 0.500. The highest BCUT2D eigenvalue weighted by molar-refractivity contribution is 7.89. The summed E-state index contributed by atoms with van der Waals surface area (Å²) in [7, 11) is -2.49. The van der Waals surface area contributed by atoms with Crippen molar-refractivity contribution in [2.45, 2.75) is 43.9 Å². The lowest BCUT2D eigenvalue weighted by Crippen LogP contribution is -2.39. The maximum atomic E-state index is 13.1. The number of hydrogen-bond donors (Lipinski definition) is 0. The molecule has 1 saturated heterocycles. The Hall–Kier alpha value is -2.11. The summed E-state index contributed by atoms with van der Waals surface area (Å²) < 4.78 is 66.7. The number of aromatic nitrogens is 2. The molecule has 7 nitrogen and oxygen atoms in total. The predicted molar refractivity (Wildman–Crippen MR) is 113 cm³/mol. The van der Waals surface area contributed by atoms with Crippen LogP contribution in [-0.2, 0) is 23.1 Å². The average molecular weight is 493 g/mol. The molecule has 0 spiro atoms. The van der Waals surface area contributed by atoms with Crippen LogP contribution in [0, 0.1) is 5.92 Å². The van der Waals surface area contributed by atoms with Gasteiger partial charge in [0, 0.05) is 38.1 Å². The molecule has 176 valence electrons. The Kier molecular flexibility index (Phi) is 7.21. The Balaban J connectivity index is 1.82. The Bertz CT molecular complexity index is 1090. The lowest BCUT2D eigenvalue weighted by atomic mass is 10.0. The summed E-state index contributed by atoms with van der Waals surface area (Å²) in [6.45, 7) is 1.32. The van der Waals surface area contributed by atoms with E-state index < -0.39 is 28.7 Å². The van der Waals surface area contributed by atoms with Gasteiger partial charge in [-0.15, -0.1) is 0 Å². The van der Waals surface area contributed by atoms with Crippen LogP contribution in [0.1, 0.15) is 35.9 Å². The normalized spacial score (nSPS) is 18.0. The minimum atomic E-state index is -4.43. The van der Waals surface area contributed by atoms with E-state index in [2.05, 4.69) is 4.98 Å². The van der Waals surface area contributed by atoms with Crippen LogP contribution in [0.5, 0.6) is 0 Å². The number of piperidine rings is 1. The van der Waals surface area contributed by atoms with Crippen LogP contribution >= 0.6 is 11.6 Å². The molecule has 32 heavy (non-hydrogen) atoms. The molecule has 1 aliphatic rings. The van der Waals surface area contributed by atoms with Gasteiger partial charge in [-0.05, 0) is 37.0 Å². The topological polar surface area (TPSA) is 75.5 Å². The molecule has 0 bridgehead atoms. The number of benzene rings is 1. The first kappa shape index (κ1) is 24.5. The number of sulfonamides is 1. The van der Waals surface area contributed by atoms with E-state index in [1.54, 1.807) is 0 Å². The zero-order chi connectivity index (χ0) is 23.7. The number of halogens is 4. The number of carbonyl (C=O) groups is 1. The van der Waals surface area contributed by atoms with Crippen molar-refractivity contribution >= 4 is 27.5 Å². The van der Waals surface area contributed by atoms with Crippen LogP contribution in [0.2, 0.25) is 5.02 Å². The second-order valence-electron chi connectivity index (χ2n) is 8.00. The van der Waals surface area contributed by atoms with Crippen LogP contribution < -0.4 is 0 Å². The molecule has 1 unspecified atom stereocenters. The zero-order valence-electron chi connectivity index (χ0n) is 17.6. The SMILES string of the molecule is CC1CCCN(S(=O)(=O)c2cc(C(=O)N(C)Cc3nccn3CC(F)(F)F)ccc2Cl)C1. The number of nitrogens with zero attached hydrogens (tertiary/aromatic N) is 4. The van der Waals surface area contributed by atoms with Gasteiger partial charge in [0.25, 0.3) is 5.91 Å². The molecule has 1 amide bonds. The molecule has 3 rings (SSSR count). The second-order valence-corrected chi connectivity index (χ2v) is 10.3. The van der Waals surface area contributed by atoms with Gasteiger partial charge in [-0.2, -0.15) is 17.5 Å². The van der Waals surface area contributed by atoms with E-state index in [1.165, 1.54) is 46.8 Å². The van der Waals surface area contributed by atoms with Crippen molar-refractivity contribution in [2.24, 2.45) is 5.92 Å². The third-order valence-corrected chi connectivity index (χ3v) is 7.64. The van der Waals surface area contributed by atoms with Gasteiger partial charge in [0.15, 0.2) is 0 Å². The van der Waals surface area contributed by atoms with Crippen LogP contribution in [0.3, 0.4) is 0 Å². The maximum absolute atomic E-state index is 13.1. The van der Waals surface area contributed by atoms with Crippen LogP contribution in [0.15, 0.2) is 35.5 Å². The lowest BCUT2D eigenvalue weighted by molar-refractivity contribution is -0.141. The van der Waals surface area contributed by atoms with Crippen LogP contribution in [0.25, 0.3) is 0 Å². The highest BCUT2D eigenvalue weighted by atomic mass is 35.5. The molecule has 0 N–H and O–H groups in total. The first-order valence-corrected chi connectivity index (χ1v) is 11.8. The lowest BCUT2D eigenvalue weighted by Gasteiger charge is -2.30. The van der Waals surface area contributed by atoms with Crippen molar-refractivity contribution < 1.29 is 26.4 Å². The number of amides is 1. The average Bonchev–Trinajstić information content (AvgIpc) is 3.12. The highest BCUT2D eigenvalue weighted by Gasteiger charge is 2.32. The van der Waals surface area contributed by atoms with Crippen molar-refractivity contribution in [2.75, 3.05) is 20.1 Å². The minimum absolute atomic E-state index is 0.00292. The van der Waals surface area contributed by atoms with E-state index in [0.717, 1.165) is 17.4 Å². The van der Waals surface area contributed by atoms with E-state index in [1.807, 2.05) is 6.92 Å². The highest BCUT2D eigenvalue weighted by Crippen LogP contribution is 2.29. The van der Waals surface area contributed by atoms with Gasteiger partial charge in [0.2, 0.25) is 10.0 Å². The van der Waals surface area contributed by atoms with E-state index in [9.17, 15) is 26.4 Å². The number of alkyl halides is 3. The summed E-state index contributed by atoms with van der Waals surface area (Å²) >= 11 is 6.17. The van der Waals surface area contributed by atoms with E-state index in [0.29, 0.717) is 13.1 Å².